The predicted octanol–water partition coefficient (Wildman–Crippen LogP) is 3.96. The molecular weight excluding hydrogens is 377 g/mol. The van der Waals surface area contributed by atoms with Crippen molar-refractivity contribution in [2.24, 2.45) is 0 Å². The van der Waals surface area contributed by atoms with E-state index in [1.54, 1.807) is 23.1 Å². The maximum Gasteiger partial charge on any atom is 0.338 e. The zero-order valence-corrected chi connectivity index (χ0v) is 16.6. The summed E-state index contributed by atoms with van der Waals surface area (Å²) in [6, 6.07) is 7.35. The van der Waals surface area contributed by atoms with Crippen LogP contribution in [0.25, 0.3) is 0 Å². The summed E-state index contributed by atoms with van der Waals surface area (Å²) in [4.78, 5) is 25.9. The van der Waals surface area contributed by atoms with Crippen molar-refractivity contribution < 1.29 is 28.2 Å². The van der Waals surface area contributed by atoms with Crippen molar-refractivity contribution in [3.05, 3.63) is 52.8 Å². The van der Waals surface area contributed by atoms with Crippen LogP contribution in [0.15, 0.2) is 30.3 Å². The highest BCUT2D eigenvalue weighted by Crippen LogP contribution is 2.43. The Kier molecular flexibility index (Phi) is 4.68. The third-order valence-corrected chi connectivity index (χ3v) is 5.12. The first-order valence-corrected chi connectivity index (χ1v) is 9.48. The smallest absolute Gasteiger partial charge is 0.338 e. The summed E-state index contributed by atoms with van der Waals surface area (Å²) in [7, 11) is 1.30. The zero-order chi connectivity index (χ0) is 20.8. The van der Waals surface area contributed by atoms with Crippen LogP contribution in [0.4, 0.5) is 4.39 Å². The molecule has 2 heterocycles. The van der Waals surface area contributed by atoms with Crippen molar-refractivity contribution in [1.82, 2.24) is 4.90 Å². The fourth-order valence-electron chi connectivity index (χ4n) is 3.52. The van der Waals surface area contributed by atoms with Crippen LogP contribution in [0.5, 0.6) is 17.2 Å². The molecule has 4 rings (SSSR count). The summed E-state index contributed by atoms with van der Waals surface area (Å²) < 4.78 is 31.2. The van der Waals surface area contributed by atoms with Gasteiger partial charge in [-0.05, 0) is 44.5 Å². The first-order valence-electron chi connectivity index (χ1n) is 9.48. The van der Waals surface area contributed by atoms with Gasteiger partial charge < -0.3 is 19.1 Å². The van der Waals surface area contributed by atoms with Gasteiger partial charge in [0.1, 0.15) is 28.7 Å². The highest BCUT2D eigenvalue weighted by Gasteiger charge is 2.34. The number of carbonyl (C=O) groups is 2. The number of hydrogen-bond donors (Lipinski definition) is 0. The summed E-state index contributed by atoms with van der Waals surface area (Å²) >= 11 is 0. The average Bonchev–Trinajstić information content (AvgIpc) is 2.93. The quantitative estimate of drug-likeness (QED) is 0.728. The van der Waals surface area contributed by atoms with Gasteiger partial charge in [0.2, 0.25) is 0 Å². The summed E-state index contributed by atoms with van der Waals surface area (Å²) in [5.41, 5.74) is 0.649. The lowest BCUT2D eigenvalue weighted by Crippen LogP contribution is -2.42. The monoisotopic (exact) mass is 399 g/mol. The van der Waals surface area contributed by atoms with Gasteiger partial charge in [-0.25, -0.2) is 9.18 Å². The summed E-state index contributed by atoms with van der Waals surface area (Å²) in [6.07, 6.45) is 1.52. The van der Waals surface area contributed by atoms with Crippen LogP contribution in [-0.4, -0.2) is 42.6 Å². The van der Waals surface area contributed by atoms with E-state index in [0.717, 1.165) is 12.0 Å². The normalized spacial score (nSPS) is 16.5. The standard InChI is InChI=1S/C22H22FNO5/c1-22(2)12-16-18(9-13(21(26)27-3)10-19(16)29-22)28-14-5-6-15(17(23)11-14)20(25)24-7-4-8-24/h5-6,9-11H,4,7-8,12H2,1-3H3. The molecule has 2 aromatic rings. The van der Waals surface area contributed by atoms with Crippen molar-refractivity contribution in [3.63, 3.8) is 0 Å². The number of esters is 1. The van der Waals surface area contributed by atoms with E-state index in [2.05, 4.69) is 0 Å². The van der Waals surface area contributed by atoms with Gasteiger partial charge >= 0.3 is 5.97 Å². The second-order valence-electron chi connectivity index (χ2n) is 7.87. The molecule has 2 aliphatic rings. The van der Waals surface area contributed by atoms with Crippen LogP contribution in [0.1, 0.15) is 46.5 Å². The molecule has 2 aromatic carbocycles. The molecule has 0 aromatic heterocycles. The summed E-state index contributed by atoms with van der Waals surface area (Å²) in [5.74, 6) is -0.308. The molecule has 2 aliphatic heterocycles. The number of ether oxygens (including phenoxy) is 3. The van der Waals surface area contributed by atoms with Crippen LogP contribution >= 0.6 is 0 Å². The first kappa shape index (κ1) is 19.2. The van der Waals surface area contributed by atoms with E-state index >= 15 is 0 Å². The van der Waals surface area contributed by atoms with Crippen molar-refractivity contribution >= 4 is 11.9 Å². The molecule has 1 amide bonds. The van der Waals surface area contributed by atoms with Gasteiger partial charge in [0.05, 0.1) is 18.2 Å². The molecule has 0 N–H and O–H groups in total. The SMILES string of the molecule is COC(=O)c1cc(Oc2ccc(C(=O)N3CCC3)c(F)c2)c2c(c1)OC(C)(C)C2. The van der Waals surface area contributed by atoms with Gasteiger partial charge in [0.25, 0.3) is 5.91 Å². The van der Waals surface area contributed by atoms with E-state index in [-0.39, 0.29) is 22.8 Å². The topological polar surface area (TPSA) is 65.1 Å². The lowest BCUT2D eigenvalue weighted by molar-refractivity contribution is 0.0597. The van der Waals surface area contributed by atoms with Gasteiger partial charge in [0, 0.05) is 31.1 Å². The van der Waals surface area contributed by atoms with Gasteiger partial charge in [-0.1, -0.05) is 0 Å². The molecule has 0 radical (unpaired) electrons. The molecule has 0 atom stereocenters. The lowest BCUT2D eigenvalue weighted by atomic mass is 9.99. The molecule has 0 spiro atoms. The number of benzene rings is 2. The van der Waals surface area contributed by atoms with Crippen LogP contribution in [0, 0.1) is 5.82 Å². The van der Waals surface area contributed by atoms with Crippen molar-refractivity contribution in [2.45, 2.75) is 32.3 Å². The highest BCUT2D eigenvalue weighted by molar-refractivity contribution is 5.95. The fraction of sp³-hybridized carbons (Fsp3) is 0.364. The minimum Gasteiger partial charge on any atom is -0.487 e. The van der Waals surface area contributed by atoms with Crippen LogP contribution < -0.4 is 9.47 Å². The number of amides is 1. The van der Waals surface area contributed by atoms with Gasteiger partial charge in [-0.2, -0.15) is 0 Å². The average molecular weight is 399 g/mol. The number of halogens is 1. The number of nitrogens with zero attached hydrogens (tertiary/aromatic N) is 1. The third kappa shape index (κ3) is 3.64. The van der Waals surface area contributed by atoms with Crippen LogP contribution in [0.2, 0.25) is 0 Å². The Balaban J connectivity index is 1.65. The maximum atomic E-state index is 14.6. The van der Waals surface area contributed by atoms with Crippen molar-refractivity contribution in [2.75, 3.05) is 20.2 Å². The third-order valence-electron chi connectivity index (χ3n) is 5.12. The minimum atomic E-state index is -0.642. The second kappa shape index (κ2) is 7.06. The Morgan fingerprint density at radius 3 is 2.55 bits per heavy atom. The van der Waals surface area contributed by atoms with E-state index in [1.807, 2.05) is 13.8 Å². The number of rotatable bonds is 4. The molecule has 29 heavy (non-hydrogen) atoms. The van der Waals surface area contributed by atoms with Crippen molar-refractivity contribution in [1.29, 1.82) is 0 Å². The van der Waals surface area contributed by atoms with Crippen molar-refractivity contribution in [3.8, 4) is 17.2 Å². The van der Waals surface area contributed by atoms with E-state index in [1.165, 1.54) is 19.2 Å². The Hall–Kier alpha value is -3.09. The number of carbonyl (C=O) groups excluding carboxylic acids is 2. The van der Waals surface area contributed by atoms with E-state index < -0.39 is 17.4 Å². The largest absolute Gasteiger partial charge is 0.487 e. The number of hydrogen-bond acceptors (Lipinski definition) is 5. The molecule has 0 bridgehead atoms. The second-order valence-corrected chi connectivity index (χ2v) is 7.87. The molecule has 0 saturated carbocycles. The van der Waals surface area contributed by atoms with Crippen LogP contribution in [-0.2, 0) is 11.2 Å². The molecule has 0 aliphatic carbocycles. The first-order chi connectivity index (χ1) is 13.8. The molecule has 0 unspecified atom stereocenters. The summed E-state index contributed by atoms with van der Waals surface area (Å²) in [5, 5.41) is 0. The van der Waals surface area contributed by atoms with Gasteiger partial charge in [-0.15, -0.1) is 0 Å². The van der Waals surface area contributed by atoms with Gasteiger partial charge in [0.15, 0.2) is 0 Å². The Bertz CT molecular complexity index is 997. The Morgan fingerprint density at radius 1 is 1.17 bits per heavy atom. The van der Waals surface area contributed by atoms with E-state index in [0.29, 0.717) is 31.0 Å². The zero-order valence-electron chi connectivity index (χ0n) is 16.6. The fourth-order valence-corrected chi connectivity index (χ4v) is 3.52. The minimum absolute atomic E-state index is 0.0232. The number of methoxy groups -OCH3 is 1. The van der Waals surface area contributed by atoms with E-state index in [4.69, 9.17) is 14.2 Å². The number of fused-ring (bicyclic) bond motifs is 1. The van der Waals surface area contributed by atoms with E-state index in [9.17, 15) is 14.0 Å². The molecule has 152 valence electrons. The Labute approximate surface area is 168 Å². The highest BCUT2D eigenvalue weighted by atomic mass is 19.1. The number of likely N-dealkylation sites (tertiary alicyclic amines) is 1. The molecule has 1 saturated heterocycles. The molecule has 7 heteroatoms. The molecule has 6 nitrogen and oxygen atoms in total. The molecule has 1 fully saturated rings. The predicted molar refractivity (Wildman–Crippen MR) is 103 cm³/mol. The maximum absolute atomic E-state index is 14.6. The van der Waals surface area contributed by atoms with Crippen LogP contribution in [0.3, 0.4) is 0 Å². The summed E-state index contributed by atoms with van der Waals surface area (Å²) in [6.45, 7) is 5.17. The molecular formula is C22H22FNO5. The Morgan fingerprint density at radius 2 is 1.93 bits per heavy atom. The van der Waals surface area contributed by atoms with Gasteiger partial charge in [-0.3, -0.25) is 4.79 Å². The lowest BCUT2D eigenvalue weighted by Gasteiger charge is -2.31.